The number of aliphatic carboxylic acids is 1. The fourth-order valence-electron chi connectivity index (χ4n) is 1.48. The van der Waals surface area contributed by atoms with Crippen LogP contribution in [0.2, 0.25) is 0 Å². The Morgan fingerprint density at radius 3 is 2.36 bits per heavy atom. The van der Waals surface area contributed by atoms with E-state index in [1.54, 1.807) is 6.92 Å². The molecule has 5 heteroatoms. The number of carbonyl (C=O) groups is 2. The molecule has 1 aliphatic carbocycles. The molecule has 0 saturated heterocycles. The molecule has 1 rings (SSSR count). The molecule has 0 heterocycles. The minimum atomic E-state index is -0.979. The summed E-state index contributed by atoms with van der Waals surface area (Å²) in [7, 11) is 0. The molecule has 0 aromatic heterocycles. The van der Waals surface area contributed by atoms with Crippen molar-refractivity contribution in [3.8, 4) is 0 Å². The van der Waals surface area contributed by atoms with Gasteiger partial charge in [0.1, 0.15) is 6.54 Å². The van der Waals surface area contributed by atoms with E-state index >= 15 is 0 Å². The lowest BCUT2D eigenvalue weighted by Gasteiger charge is -2.23. The molecule has 14 heavy (non-hydrogen) atoms. The standard InChI is InChI=1S/C9H16N2O3/c1-2-11(5-7(12)13)8(14)9(6-10)3-4-9/h2-6,10H2,1H3,(H,12,13). The van der Waals surface area contributed by atoms with Gasteiger partial charge in [-0.15, -0.1) is 0 Å². The summed E-state index contributed by atoms with van der Waals surface area (Å²) in [5.74, 6) is -1.09. The number of likely N-dealkylation sites (N-methyl/N-ethyl adjacent to an activating group) is 1. The molecule has 0 bridgehead atoms. The van der Waals surface area contributed by atoms with Crippen molar-refractivity contribution in [3.05, 3.63) is 0 Å². The van der Waals surface area contributed by atoms with E-state index in [2.05, 4.69) is 0 Å². The minimum Gasteiger partial charge on any atom is -0.480 e. The van der Waals surface area contributed by atoms with Crippen molar-refractivity contribution in [2.24, 2.45) is 11.1 Å². The number of amides is 1. The van der Waals surface area contributed by atoms with Gasteiger partial charge in [0.2, 0.25) is 5.91 Å². The van der Waals surface area contributed by atoms with Crippen LogP contribution < -0.4 is 5.73 Å². The van der Waals surface area contributed by atoms with Gasteiger partial charge >= 0.3 is 5.97 Å². The molecular weight excluding hydrogens is 184 g/mol. The van der Waals surface area contributed by atoms with E-state index in [0.717, 1.165) is 12.8 Å². The topological polar surface area (TPSA) is 83.6 Å². The van der Waals surface area contributed by atoms with Crippen LogP contribution in [0.1, 0.15) is 19.8 Å². The highest BCUT2D eigenvalue weighted by Gasteiger charge is 2.50. The SMILES string of the molecule is CCN(CC(=O)O)C(=O)C1(CN)CC1. The van der Waals surface area contributed by atoms with Crippen molar-refractivity contribution >= 4 is 11.9 Å². The van der Waals surface area contributed by atoms with Gasteiger partial charge in [0.05, 0.1) is 5.41 Å². The summed E-state index contributed by atoms with van der Waals surface area (Å²) in [6.45, 7) is 2.29. The zero-order chi connectivity index (χ0) is 10.8. The molecule has 1 saturated carbocycles. The van der Waals surface area contributed by atoms with Crippen molar-refractivity contribution in [3.63, 3.8) is 0 Å². The van der Waals surface area contributed by atoms with Gasteiger partial charge in [-0.1, -0.05) is 0 Å². The summed E-state index contributed by atoms with van der Waals surface area (Å²) in [4.78, 5) is 23.6. The molecule has 0 aromatic carbocycles. The predicted octanol–water partition coefficient (Wildman–Crippen LogP) is -0.342. The number of nitrogens with zero attached hydrogens (tertiary/aromatic N) is 1. The number of carbonyl (C=O) groups excluding carboxylic acids is 1. The highest BCUT2D eigenvalue weighted by atomic mass is 16.4. The average Bonchev–Trinajstić information content (AvgIpc) is 2.93. The molecule has 1 fully saturated rings. The summed E-state index contributed by atoms with van der Waals surface area (Å²) < 4.78 is 0. The zero-order valence-corrected chi connectivity index (χ0v) is 8.32. The maximum atomic E-state index is 11.8. The van der Waals surface area contributed by atoms with E-state index < -0.39 is 11.4 Å². The summed E-state index contributed by atoms with van der Waals surface area (Å²) >= 11 is 0. The third kappa shape index (κ3) is 2.04. The summed E-state index contributed by atoms with van der Waals surface area (Å²) in [6, 6.07) is 0. The van der Waals surface area contributed by atoms with Crippen molar-refractivity contribution in [1.82, 2.24) is 4.90 Å². The van der Waals surface area contributed by atoms with Crippen molar-refractivity contribution in [1.29, 1.82) is 0 Å². The van der Waals surface area contributed by atoms with Gasteiger partial charge in [-0.05, 0) is 19.8 Å². The second-order valence-electron chi connectivity index (χ2n) is 3.70. The number of carboxylic acids is 1. The van der Waals surface area contributed by atoms with Crippen LogP contribution in [-0.4, -0.2) is 41.5 Å². The molecule has 0 radical (unpaired) electrons. The molecule has 80 valence electrons. The van der Waals surface area contributed by atoms with Crippen LogP contribution in [0.25, 0.3) is 0 Å². The lowest BCUT2D eigenvalue weighted by Crippen LogP contribution is -2.42. The number of hydrogen-bond donors (Lipinski definition) is 2. The van der Waals surface area contributed by atoms with Crippen LogP contribution in [0.15, 0.2) is 0 Å². The van der Waals surface area contributed by atoms with Crippen molar-refractivity contribution in [2.75, 3.05) is 19.6 Å². The van der Waals surface area contributed by atoms with E-state index in [0.29, 0.717) is 13.1 Å². The zero-order valence-electron chi connectivity index (χ0n) is 8.32. The fraction of sp³-hybridized carbons (Fsp3) is 0.778. The highest BCUT2D eigenvalue weighted by molar-refractivity contribution is 5.88. The van der Waals surface area contributed by atoms with Gasteiger partial charge in [-0.2, -0.15) is 0 Å². The fourth-order valence-corrected chi connectivity index (χ4v) is 1.48. The van der Waals surface area contributed by atoms with Gasteiger partial charge in [0, 0.05) is 13.1 Å². The van der Waals surface area contributed by atoms with Gasteiger partial charge in [0.25, 0.3) is 0 Å². The van der Waals surface area contributed by atoms with Crippen LogP contribution in [0.3, 0.4) is 0 Å². The normalized spacial score (nSPS) is 17.6. The molecule has 0 spiro atoms. The third-order valence-corrected chi connectivity index (χ3v) is 2.69. The molecule has 0 atom stereocenters. The Hall–Kier alpha value is -1.10. The first-order valence-electron chi connectivity index (χ1n) is 4.77. The van der Waals surface area contributed by atoms with Crippen LogP contribution in [0.4, 0.5) is 0 Å². The van der Waals surface area contributed by atoms with E-state index in [1.165, 1.54) is 4.90 Å². The van der Waals surface area contributed by atoms with Crippen LogP contribution in [0, 0.1) is 5.41 Å². The number of rotatable bonds is 5. The van der Waals surface area contributed by atoms with Gasteiger partial charge in [-0.3, -0.25) is 9.59 Å². The second-order valence-corrected chi connectivity index (χ2v) is 3.70. The average molecular weight is 200 g/mol. The molecule has 3 N–H and O–H groups in total. The van der Waals surface area contributed by atoms with Crippen molar-refractivity contribution < 1.29 is 14.7 Å². The summed E-state index contributed by atoms with van der Waals surface area (Å²) in [5, 5.41) is 8.60. The maximum absolute atomic E-state index is 11.8. The van der Waals surface area contributed by atoms with Crippen LogP contribution >= 0.6 is 0 Å². The quantitative estimate of drug-likeness (QED) is 0.636. The maximum Gasteiger partial charge on any atom is 0.323 e. The number of carboxylic acid groups (broad SMARTS) is 1. The number of nitrogens with two attached hydrogens (primary N) is 1. The molecule has 0 unspecified atom stereocenters. The first-order chi connectivity index (χ1) is 6.55. The molecule has 5 nitrogen and oxygen atoms in total. The molecular formula is C9H16N2O3. The second kappa shape index (κ2) is 3.96. The van der Waals surface area contributed by atoms with E-state index in [4.69, 9.17) is 10.8 Å². The third-order valence-electron chi connectivity index (χ3n) is 2.69. The first kappa shape index (κ1) is 11.0. The molecule has 0 aliphatic heterocycles. The van der Waals surface area contributed by atoms with E-state index in [-0.39, 0.29) is 12.5 Å². The number of hydrogen-bond acceptors (Lipinski definition) is 3. The smallest absolute Gasteiger partial charge is 0.323 e. The summed E-state index contributed by atoms with van der Waals surface area (Å²) in [6.07, 6.45) is 1.58. The Morgan fingerprint density at radius 1 is 1.50 bits per heavy atom. The minimum absolute atomic E-state index is 0.107. The molecule has 1 aliphatic rings. The highest BCUT2D eigenvalue weighted by Crippen LogP contribution is 2.46. The van der Waals surface area contributed by atoms with Gasteiger partial charge in [0.15, 0.2) is 0 Å². The lowest BCUT2D eigenvalue weighted by atomic mass is 10.1. The van der Waals surface area contributed by atoms with Gasteiger partial charge in [-0.25, -0.2) is 0 Å². The Labute approximate surface area is 82.9 Å². The molecule has 0 aromatic rings. The molecule has 1 amide bonds. The Balaban J connectivity index is 2.61. The monoisotopic (exact) mass is 200 g/mol. The van der Waals surface area contributed by atoms with Crippen molar-refractivity contribution in [2.45, 2.75) is 19.8 Å². The largest absolute Gasteiger partial charge is 0.480 e. The van der Waals surface area contributed by atoms with E-state index in [1.807, 2.05) is 0 Å². The Morgan fingerprint density at radius 2 is 2.07 bits per heavy atom. The van der Waals surface area contributed by atoms with Gasteiger partial charge < -0.3 is 15.7 Å². The van der Waals surface area contributed by atoms with Crippen LogP contribution in [-0.2, 0) is 9.59 Å². The first-order valence-corrected chi connectivity index (χ1v) is 4.77. The summed E-state index contributed by atoms with van der Waals surface area (Å²) in [5.41, 5.74) is 5.06. The van der Waals surface area contributed by atoms with Crippen LogP contribution in [0.5, 0.6) is 0 Å². The van der Waals surface area contributed by atoms with E-state index in [9.17, 15) is 9.59 Å². The predicted molar refractivity (Wildman–Crippen MR) is 50.6 cm³/mol. The lowest BCUT2D eigenvalue weighted by molar-refractivity contribution is -0.146. The Kier molecular flexibility index (Phi) is 3.10. The Bertz CT molecular complexity index is 248.